The van der Waals surface area contributed by atoms with Gasteiger partial charge in [-0.05, 0) is 36.1 Å². The Labute approximate surface area is 201 Å². The van der Waals surface area contributed by atoms with Crippen LogP contribution >= 0.6 is 0 Å². The summed E-state index contributed by atoms with van der Waals surface area (Å²) in [6.45, 7) is 1.75. The first-order valence-corrected chi connectivity index (χ1v) is 11.8. The van der Waals surface area contributed by atoms with E-state index in [9.17, 15) is 14.4 Å². The van der Waals surface area contributed by atoms with Crippen molar-refractivity contribution in [3.05, 3.63) is 99.3 Å². The third-order valence-electron chi connectivity index (χ3n) is 7.03. The van der Waals surface area contributed by atoms with E-state index < -0.39 is 0 Å². The van der Waals surface area contributed by atoms with Crippen LogP contribution in [0.4, 0.5) is 0 Å². The summed E-state index contributed by atoms with van der Waals surface area (Å²) in [5.41, 5.74) is 2.63. The molecular formula is C28H24N2O5. The number of rotatable bonds is 4. The summed E-state index contributed by atoms with van der Waals surface area (Å²) in [7, 11) is 0. The highest BCUT2D eigenvalue weighted by atomic mass is 16.5. The third-order valence-corrected chi connectivity index (χ3v) is 7.03. The van der Waals surface area contributed by atoms with E-state index in [-0.39, 0.29) is 35.3 Å². The molecule has 2 atom stereocenters. The highest BCUT2D eigenvalue weighted by molar-refractivity contribution is 5.83. The van der Waals surface area contributed by atoms with E-state index in [1.165, 1.54) is 6.26 Å². The van der Waals surface area contributed by atoms with Crippen LogP contribution in [0.25, 0.3) is 22.1 Å². The standard InChI is InChI=1S/C28H24N2O5/c31-26-8-4-7-24-20-11-18(14-30(24)26)13-29(15-20)27(32)17-34-21-9-10-22-25(12-21)35-16-23(28(22)33)19-5-2-1-3-6-19/h1-10,12,16,18,20H,11,13-15,17H2/t18-,20+/m1/s1. The minimum Gasteiger partial charge on any atom is -0.484 e. The second kappa shape index (κ2) is 8.58. The summed E-state index contributed by atoms with van der Waals surface area (Å²) in [6.07, 6.45) is 2.45. The van der Waals surface area contributed by atoms with Gasteiger partial charge in [0, 0.05) is 43.4 Å². The van der Waals surface area contributed by atoms with Crippen LogP contribution in [0, 0.1) is 5.92 Å². The number of carbonyl (C=O) groups is 1. The molecule has 2 aromatic heterocycles. The lowest BCUT2D eigenvalue weighted by molar-refractivity contribution is -0.136. The van der Waals surface area contributed by atoms with Gasteiger partial charge >= 0.3 is 0 Å². The predicted molar refractivity (Wildman–Crippen MR) is 132 cm³/mol. The van der Waals surface area contributed by atoms with E-state index in [4.69, 9.17) is 9.15 Å². The number of likely N-dealkylation sites (tertiary alicyclic amines) is 1. The molecule has 0 spiro atoms. The Morgan fingerprint density at radius 3 is 2.69 bits per heavy atom. The maximum absolute atomic E-state index is 13.0. The van der Waals surface area contributed by atoms with Crippen LogP contribution in [0.5, 0.6) is 5.75 Å². The van der Waals surface area contributed by atoms with Gasteiger partial charge in [0.2, 0.25) is 0 Å². The Hall–Kier alpha value is -4.13. The van der Waals surface area contributed by atoms with Crippen LogP contribution in [0.2, 0.25) is 0 Å². The van der Waals surface area contributed by atoms with Gasteiger partial charge in [0.05, 0.1) is 10.9 Å². The highest BCUT2D eigenvalue weighted by Crippen LogP contribution is 2.35. The first-order valence-electron chi connectivity index (χ1n) is 11.8. The lowest BCUT2D eigenvalue weighted by atomic mass is 9.83. The van der Waals surface area contributed by atoms with Crippen molar-refractivity contribution in [1.29, 1.82) is 0 Å². The minimum atomic E-state index is -0.112. The van der Waals surface area contributed by atoms with Crippen LogP contribution in [0.15, 0.2) is 87.0 Å². The molecule has 0 radical (unpaired) electrons. The summed E-state index contributed by atoms with van der Waals surface area (Å²) >= 11 is 0. The topological polar surface area (TPSA) is 81.8 Å². The average molecular weight is 469 g/mol. The van der Waals surface area contributed by atoms with E-state index in [1.54, 1.807) is 30.3 Å². The van der Waals surface area contributed by atoms with E-state index in [1.807, 2.05) is 45.9 Å². The van der Waals surface area contributed by atoms with Gasteiger partial charge in [-0.2, -0.15) is 0 Å². The third kappa shape index (κ3) is 3.93. The minimum absolute atomic E-state index is 0.0270. The molecule has 7 nitrogen and oxygen atoms in total. The van der Waals surface area contributed by atoms with E-state index in [0.717, 1.165) is 17.7 Å². The second-order valence-electron chi connectivity index (χ2n) is 9.29. The van der Waals surface area contributed by atoms with Crippen molar-refractivity contribution in [1.82, 2.24) is 9.47 Å². The smallest absolute Gasteiger partial charge is 0.260 e. The molecule has 2 aromatic carbocycles. The molecule has 2 bridgehead atoms. The summed E-state index contributed by atoms with van der Waals surface area (Å²) < 4.78 is 13.4. The molecule has 2 aliphatic rings. The number of amides is 1. The second-order valence-corrected chi connectivity index (χ2v) is 9.29. The molecule has 4 heterocycles. The number of ether oxygens (including phenoxy) is 1. The number of carbonyl (C=O) groups excluding carboxylic acids is 1. The first kappa shape index (κ1) is 21.4. The fourth-order valence-electron chi connectivity index (χ4n) is 5.35. The van der Waals surface area contributed by atoms with Gasteiger partial charge in [0.15, 0.2) is 12.0 Å². The molecule has 1 amide bonds. The van der Waals surface area contributed by atoms with Crippen molar-refractivity contribution in [3.63, 3.8) is 0 Å². The molecule has 1 fully saturated rings. The molecule has 1 saturated heterocycles. The molecule has 6 rings (SSSR count). The summed E-state index contributed by atoms with van der Waals surface area (Å²) in [6, 6.07) is 19.8. The van der Waals surface area contributed by atoms with Crippen molar-refractivity contribution in [2.45, 2.75) is 18.9 Å². The molecule has 4 aromatic rings. The zero-order valence-corrected chi connectivity index (χ0v) is 19.1. The summed E-state index contributed by atoms with van der Waals surface area (Å²) in [5.74, 6) is 0.802. The van der Waals surface area contributed by atoms with E-state index in [2.05, 4.69) is 0 Å². The molecule has 176 valence electrons. The maximum Gasteiger partial charge on any atom is 0.260 e. The van der Waals surface area contributed by atoms with Crippen molar-refractivity contribution in [2.24, 2.45) is 5.92 Å². The van der Waals surface area contributed by atoms with Crippen LogP contribution < -0.4 is 15.7 Å². The molecule has 0 N–H and O–H groups in total. The van der Waals surface area contributed by atoms with Crippen LogP contribution in [0.3, 0.4) is 0 Å². The Morgan fingerprint density at radius 1 is 0.971 bits per heavy atom. The van der Waals surface area contributed by atoms with Crippen LogP contribution in [-0.2, 0) is 11.3 Å². The van der Waals surface area contributed by atoms with Gasteiger partial charge in [0.25, 0.3) is 11.5 Å². The molecule has 0 saturated carbocycles. The average Bonchev–Trinajstić information content (AvgIpc) is 2.88. The fraction of sp³-hybridized carbons (Fsp3) is 0.250. The molecule has 7 heteroatoms. The molecule has 2 aliphatic heterocycles. The molecule has 0 unspecified atom stereocenters. The van der Waals surface area contributed by atoms with Gasteiger partial charge in [-0.15, -0.1) is 0 Å². The number of piperidine rings is 1. The monoisotopic (exact) mass is 468 g/mol. The van der Waals surface area contributed by atoms with Crippen molar-refractivity contribution in [3.8, 4) is 16.9 Å². The van der Waals surface area contributed by atoms with Gasteiger partial charge in [-0.3, -0.25) is 14.4 Å². The van der Waals surface area contributed by atoms with Crippen LogP contribution in [0.1, 0.15) is 18.0 Å². The number of aromatic nitrogens is 1. The number of hydrogen-bond donors (Lipinski definition) is 0. The number of pyridine rings is 1. The van der Waals surface area contributed by atoms with Gasteiger partial charge in [-0.25, -0.2) is 0 Å². The number of hydrogen-bond acceptors (Lipinski definition) is 5. The van der Waals surface area contributed by atoms with E-state index >= 15 is 0 Å². The Balaban J connectivity index is 1.16. The molecule has 0 aliphatic carbocycles. The van der Waals surface area contributed by atoms with Gasteiger partial charge < -0.3 is 18.6 Å². The van der Waals surface area contributed by atoms with Gasteiger partial charge in [0.1, 0.15) is 17.6 Å². The number of fused-ring (bicyclic) bond motifs is 5. The highest BCUT2D eigenvalue weighted by Gasteiger charge is 2.36. The quantitative estimate of drug-likeness (QED) is 0.457. The largest absolute Gasteiger partial charge is 0.484 e. The van der Waals surface area contributed by atoms with Crippen molar-refractivity contribution < 1.29 is 13.9 Å². The van der Waals surface area contributed by atoms with Crippen molar-refractivity contribution in [2.75, 3.05) is 19.7 Å². The normalized spacial score (nSPS) is 18.8. The molecule has 35 heavy (non-hydrogen) atoms. The predicted octanol–water partition coefficient (Wildman–Crippen LogP) is 3.65. The van der Waals surface area contributed by atoms with E-state index in [0.29, 0.717) is 41.9 Å². The summed E-state index contributed by atoms with van der Waals surface area (Å²) in [4.78, 5) is 39.9. The maximum atomic E-state index is 13.0. The molecular weight excluding hydrogens is 444 g/mol. The number of benzene rings is 2. The number of nitrogens with zero attached hydrogens (tertiary/aromatic N) is 2. The van der Waals surface area contributed by atoms with Gasteiger partial charge in [-0.1, -0.05) is 36.4 Å². The van der Waals surface area contributed by atoms with Crippen LogP contribution in [-0.4, -0.2) is 35.1 Å². The SMILES string of the molecule is O=C(COc1ccc2c(=O)c(-c3ccccc3)coc2c1)N1C[C@H]2C[C@@H](C1)c1cccc(=O)n1C2. The van der Waals surface area contributed by atoms with Crippen molar-refractivity contribution >= 4 is 16.9 Å². The first-order chi connectivity index (χ1) is 17.1. The Kier molecular flexibility index (Phi) is 5.25. The fourth-order valence-corrected chi connectivity index (χ4v) is 5.35. The zero-order chi connectivity index (χ0) is 23.9. The lowest BCUT2D eigenvalue weighted by Crippen LogP contribution is -2.50. The lowest BCUT2D eigenvalue weighted by Gasteiger charge is -2.42. The summed E-state index contributed by atoms with van der Waals surface area (Å²) in [5, 5.41) is 0.461. The zero-order valence-electron chi connectivity index (χ0n) is 19.1. The Bertz CT molecular complexity index is 1540. The Morgan fingerprint density at radius 2 is 1.83 bits per heavy atom.